The minimum absolute atomic E-state index is 0.0225. The van der Waals surface area contributed by atoms with Gasteiger partial charge in [0.2, 0.25) is 0 Å². The molecule has 4 aliphatic rings. The van der Waals surface area contributed by atoms with E-state index in [-0.39, 0.29) is 9.91 Å². The van der Waals surface area contributed by atoms with Crippen LogP contribution in [0.5, 0.6) is 5.75 Å². The third-order valence-corrected chi connectivity index (χ3v) is 13.2. The Labute approximate surface area is 210 Å². The summed E-state index contributed by atoms with van der Waals surface area (Å²) in [6.45, 7) is 11.1. The highest BCUT2D eigenvalue weighted by Gasteiger charge is 2.53. The molecule has 0 radical (unpaired) electrons. The van der Waals surface area contributed by atoms with Crippen LogP contribution < -0.4 is 9.65 Å². The van der Waals surface area contributed by atoms with Crippen LogP contribution >= 0.6 is 11.6 Å². The predicted molar refractivity (Wildman–Crippen MR) is 139 cm³/mol. The Kier molecular flexibility index (Phi) is 6.91. The second-order valence-corrected chi connectivity index (χ2v) is 17.3. The highest BCUT2D eigenvalue weighted by molar-refractivity contribution is 6.74. The summed E-state index contributed by atoms with van der Waals surface area (Å²) in [5.74, 6) is 6.34. The first kappa shape index (κ1) is 25.6. The van der Waals surface area contributed by atoms with Gasteiger partial charge in [0, 0.05) is 16.4 Å². The van der Waals surface area contributed by atoms with E-state index in [1.54, 1.807) is 7.11 Å². The third kappa shape index (κ3) is 4.92. The van der Waals surface area contributed by atoms with Crippen molar-refractivity contribution in [3.63, 3.8) is 0 Å². The lowest BCUT2D eigenvalue weighted by atomic mass is 9.53. The van der Waals surface area contributed by atoms with Gasteiger partial charge in [0.25, 0.3) is 8.32 Å². The molecule has 4 fully saturated rings. The molecule has 4 bridgehead atoms. The summed E-state index contributed by atoms with van der Waals surface area (Å²) in [7, 11) is 0.957. The Bertz CT molecular complexity index is 1020. The highest BCUT2D eigenvalue weighted by Crippen LogP contribution is 2.61. The lowest BCUT2D eigenvalue weighted by Crippen LogP contribution is -3.01. The van der Waals surface area contributed by atoms with Crippen molar-refractivity contribution in [3.05, 3.63) is 40.1 Å². The van der Waals surface area contributed by atoms with Crippen LogP contribution in [0.15, 0.2) is 23.8 Å². The molecule has 0 aromatic heterocycles. The predicted octanol–water partition coefficient (Wildman–Crippen LogP) is 5.50. The first-order valence-electron chi connectivity index (χ1n) is 12.3. The second-order valence-electron chi connectivity index (χ2n) is 11.8. The second kappa shape index (κ2) is 9.18. The number of allylic oxidation sites excluding steroid dienone is 1. The number of halogens is 1. The number of benzene rings is 1. The lowest BCUT2D eigenvalue weighted by molar-refractivity contribution is -0.990. The molecule has 186 valence electrons. The molecule has 0 spiro atoms. The number of rotatable bonds is 5. The summed E-state index contributed by atoms with van der Waals surface area (Å²) in [4.78, 5) is 4.68. The Morgan fingerprint density at radius 2 is 1.79 bits per heavy atom. The molecule has 1 aromatic rings. The van der Waals surface area contributed by atoms with Gasteiger partial charge in [0.05, 0.1) is 19.8 Å². The van der Waals surface area contributed by atoms with Gasteiger partial charge in [-0.1, -0.05) is 20.8 Å². The summed E-state index contributed by atoms with van der Waals surface area (Å²) in [6.07, 6.45) is 5.67. The highest BCUT2D eigenvalue weighted by atomic mass is 35.5. The maximum atomic E-state index is 11.7. The summed E-state index contributed by atoms with van der Waals surface area (Å²) in [5.41, 5.74) is 3.12. The van der Waals surface area contributed by atoms with Gasteiger partial charge < -0.3 is 14.4 Å². The number of alkyl halides is 1. The van der Waals surface area contributed by atoms with Gasteiger partial charge in [-0.3, -0.25) is 0 Å². The number of quaternary nitrogens is 1. The van der Waals surface area contributed by atoms with Crippen molar-refractivity contribution < 1.29 is 19.2 Å². The van der Waals surface area contributed by atoms with Crippen molar-refractivity contribution in [1.29, 1.82) is 0 Å². The van der Waals surface area contributed by atoms with Gasteiger partial charge in [-0.25, -0.2) is 0 Å². The van der Waals surface area contributed by atoms with Crippen LogP contribution in [0, 0.1) is 34.9 Å². The smallest absolute Gasteiger partial charge is 0.250 e. The largest absolute Gasteiger partial charge is 0.586 e. The minimum atomic E-state index is -2.14. The zero-order valence-corrected chi connectivity index (χ0v) is 23.3. The molecule has 3 unspecified atom stereocenters. The lowest BCUT2D eigenvalue weighted by Gasteiger charge is -2.55. The van der Waals surface area contributed by atoms with E-state index in [0.29, 0.717) is 23.1 Å². The number of hydrogen-bond donors (Lipinski definition) is 1. The standard InChI is InChI=1S/C27H38ClNO4Si/c1-26(2,3)34(6,7)33-23-14-20(9-8-19(23)10-11-29(30)32-5)25(31-4)24-21-12-18-13-22(24)17-27(28,15-18)16-21/h8-9,14,18,21-22,29H,12-13,15-17H2,1-7H3. The number of nitrogens with one attached hydrogen (secondary N) is 1. The van der Waals surface area contributed by atoms with Crippen molar-refractivity contribution in [3.8, 4) is 17.7 Å². The molecular formula is C27H38ClNO4Si. The molecule has 0 amide bonds. The van der Waals surface area contributed by atoms with E-state index in [1.807, 2.05) is 12.1 Å². The van der Waals surface area contributed by atoms with Crippen LogP contribution in [0.25, 0.3) is 5.76 Å². The Hall–Kier alpha value is -1.49. The SMILES string of the molecule is COC(=C1C2CC3CC1CC(Cl)(C3)C2)c1ccc(C#C[NH+]([O-])OC)c(O[Si](C)(C)C(C)(C)C)c1. The molecule has 7 heteroatoms. The van der Waals surface area contributed by atoms with Gasteiger partial charge in [0.1, 0.15) is 11.5 Å². The first-order valence-corrected chi connectivity index (χ1v) is 15.5. The van der Waals surface area contributed by atoms with Gasteiger partial charge in [-0.15, -0.1) is 16.8 Å². The first-order chi connectivity index (χ1) is 15.9. The van der Waals surface area contributed by atoms with E-state index in [1.165, 1.54) is 25.5 Å². The Balaban J connectivity index is 1.77. The topological polar surface area (TPSA) is 55.2 Å². The van der Waals surface area contributed by atoms with E-state index in [4.69, 9.17) is 25.6 Å². The van der Waals surface area contributed by atoms with Crippen molar-refractivity contribution >= 4 is 25.7 Å². The molecule has 1 N–H and O–H groups in total. The molecule has 0 aliphatic heterocycles. The van der Waals surface area contributed by atoms with Crippen LogP contribution in [-0.4, -0.2) is 27.4 Å². The zero-order chi connectivity index (χ0) is 24.9. The van der Waals surface area contributed by atoms with Crippen molar-refractivity contribution in [2.75, 3.05) is 14.2 Å². The molecule has 4 aliphatic carbocycles. The fourth-order valence-electron chi connectivity index (χ4n) is 5.91. The monoisotopic (exact) mass is 503 g/mol. The Morgan fingerprint density at radius 3 is 2.32 bits per heavy atom. The van der Waals surface area contributed by atoms with Crippen LogP contribution in [0.4, 0.5) is 0 Å². The molecule has 34 heavy (non-hydrogen) atoms. The summed E-state index contributed by atoms with van der Waals surface area (Å²) >= 11 is 6.99. The number of ether oxygens (including phenoxy) is 1. The molecule has 1 aromatic carbocycles. The van der Waals surface area contributed by atoms with E-state index >= 15 is 0 Å². The van der Waals surface area contributed by atoms with Crippen molar-refractivity contribution in [2.24, 2.45) is 17.8 Å². The molecular weight excluding hydrogens is 466 g/mol. The fraction of sp³-hybridized carbons (Fsp3) is 0.630. The third-order valence-electron chi connectivity index (χ3n) is 8.36. The molecule has 5 nitrogen and oxygen atoms in total. The summed E-state index contributed by atoms with van der Waals surface area (Å²) < 4.78 is 12.8. The van der Waals surface area contributed by atoms with E-state index in [2.05, 4.69) is 51.9 Å². The van der Waals surface area contributed by atoms with Gasteiger partial charge in [-0.2, -0.15) is 4.84 Å². The van der Waals surface area contributed by atoms with Crippen LogP contribution in [-0.2, 0) is 9.57 Å². The Morgan fingerprint density at radius 1 is 1.15 bits per heavy atom. The van der Waals surface area contributed by atoms with Crippen molar-refractivity contribution in [1.82, 2.24) is 0 Å². The average Bonchev–Trinajstić information content (AvgIpc) is 2.73. The zero-order valence-electron chi connectivity index (χ0n) is 21.5. The molecule has 5 rings (SSSR count). The molecule has 4 saturated carbocycles. The molecule has 0 heterocycles. The quantitative estimate of drug-likeness (QED) is 0.189. The summed E-state index contributed by atoms with van der Waals surface area (Å²) in [5, 5.41) is 11.1. The maximum Gasteiger partial charge on any atom is 0.250 e. The minimum Gasteiger partial charge on any atom is -0.586 e. The number of hydroxylamine groups is 2. The number of hydrogen-bond acceptors (Lipinski definition) is 4. The maximum absolute atomic E-state index is 11.7. The van der Waals surface area contributed by atoms with Gasteiger partial charge in [0.15, 0.2) is 6.04 Å². The molecule has 0 saturated heterocycles. The van der Waals surface area contributed by atoms with Gasteiger partial charge >= 0.3 is 0 Å². The molecule has 3 atom stereocenters. The normalized spacial score (nSPS) is 28.9. The van der Waals surface area contributed by atoms with Crippen LogP contribution in [0.3, 0.4) is 0 Å². The van der Waals surface area contributed by atoms with Crippen LogP contribution in [0.2, 0.25) is 18.1 Å². The average molecular weight is 504 g/mol. The van der Waals surface area contributed by atoms with E-state index < -0.39 is 13.5 Å². The van der Waals surface area contributed by atoms with Crippen LogP contribution in [0.1, 0.15) is 64.0 Å². The van der Waals surface area contributed by atoms with E-state index in [0.717, 1.165) is 36.5 Å². The van der Waals surface area contributed by atoms with E-state index in [9.17, 15) is 5.21 Å². The van der Waals surface area contributed by atoms with Gasteiger partial charge in [-0.05, 0) is 91.8 Å². The summed E-state index contributed by atoms with van der Waals surface area (Å²) in [6, 6.07) is 8.57. The van der Waals surface area contributed by atoms with Crippen molar-refractivity contribution in [2.45, 2.75) is 75.9 Å². The number of methoxy groups -OCH3 is 1. The fourth-order valence-corrected chi connectivity index (χ4v) is 7.53.